The van der Waals surface area contributed by atoms with E-state index in [9.17, 15) is 9.59 Å². The molecule has 4 N–H and O–H groups in total. The van der Waals surface area contributed by atoms with E-state index >= 15 is 0 Å². The van der Waals surface area contributed by atoms with Gasteiger partial charge in [-0.05, 0) is 24.6 Å². The third-order valence-corrected chi connectivity index (χ3v) is 2.81. The highest BCUT2D eigenvalue weighted by Gasteiger charge is 2.11. The number of H-pyrrole nitrogens is 1. The Morgan fingerprint density at radius 3 is 2.85 bits per heavy atom. The Balaban J connectivity index is 2.01. The van der Waals surface area contributed by atoms with Gasteiger partial charge in [0.2, 0.25) is 0 Å². The lowest BCUT2D eigenvalue weighted by Gasteiger charge is -2.11. The summed E-state index contributed by atoms with van der Waals surface area (Å²) >= 11 is 0. The number of nitrogens with zero attached hydrogens (tertiary/aromatic N) is 1. The molecule has 0 saturated heterocycles. The lowest BCUT2D eigenvalue weighted by atomic mass is 10.1. The molecule has 2 aromatic rings. The topological polar surface area (TPSA) is 107 Å². The average molecular weight is 274 g/mol. The number of aromatic carboxylic acids is 1. The third kappa shape index (κ3) is 3.14. The van der Waals surface area contributed by atoms with Crippen LogP contribution in [0.3, 0.4) is 0 Å². The van der Waals surface area contributed by atoms with E-state index in [1.54, 1.807) is 25.3 Å². The van der Waals surface area contributed by atoms with Crippen molar-refractivity contribution in [3.05, 3.63) is 47.5 Å². The Morgan fingerprint density at radius 1 is 1.40 bits per heavy atom. The molecule has 0 radical (unpaired) electrons. The summed E-state index contributed by atoms with van der Waals surface area (Å²) < 4.78 is 0. The van der Waals surface area contributed by atoms with Crippen molar-refractivity contribution < 1.29 is 14.7 Å². The molecule has 0 fully saturated rings. The van der Waals surface area contributed by atoms with Crippen molar-refractivity contribution in [1.82, 2.24) is 15.3 Å². The zero-order valence-corrected chi connectivity index (χ0v) is 10.8. The van der Waals surface area contributed by atoms with Crippen molar-refractivity contribution in [1.29, 1.82) is 0 Å². The third-order valence-electron chi connectivity index (χ3n) is 2.81. The van der Waals surface area contributed by atoms with E-state index in [1.807, 2.05) is 0 Å². The number of hydrogen-bond donors (Lipinski definition) is 4. The van der Waals surface area contributed by atoms with E-state index in [4.69, 9.17) is 5.11 Å². The molecule has 0 bridgehead atoms. The fourth-order valence-electron chi connectivity index (χ4n) is 1.73. The van der Waals surface area contributed by atoms with Crippen LogP contribution in [-0.2, 0) is 6.54 Å². The Labute approximate surface area is 115 Å². The Bertz CT molecular complexity index is 623. The molecule has 0 saturated carbocycles. The Hall–Kier alpha value is -2.83. The minimum absolute atomic E-state index is 0.163. The minimum Gasteiger partial charge on any atom is -0.478 e. The molecule has 1 aromatic heterocycles. The number of aromatic amines is 1. The van der Waals surface area contributed by atoms with E-state index in [1.165, 1.54) is 12.4 Å². The van der Waals surface area contributed by atoms with Gasteiger partial charge >= 0.3 is 12.0 Å². The smallest absolute Gasteiger partial charge is 0.336 e. The lowest BCUT2D eigenvalue weighted by Crippen LogP contribution is -2.28. The number of carbonyl (C=O) groups is 2. The summed E-state index contributed by atoms with van der Waals surface area (Å²) in [5.41, 5.74) is 1.91. The number of urea groups is 1. The second-order valence-corrected chi connectivity index (χ2v) is 4.17. The number of imidazole rings is 1. The number of hydrogen-bond acceptors (Lipinski definition) is 3. The first-order valence-corrected chi connectivity index (χ1v) is 5.93. The van der Waals surface area contributed by atoms with Gasteiger partial charge in [0, 0.05) is 11.9 Å². The molecule has 0 aliphatic carbocycles. The van der Waals surface area contributed by atoms with Crippen molar-refractivity contribution in [2.75, 3.05) is 5.32 Å². The highest BCUT2D eigenvalue weighted by Crippen LogP contribution is 2.18. The van der Waals surface area contributed by atoms with Gasteiger partial charge in [0.1, 0.15) is 0 Å². The van der Waals surface area contributed by atoms with Gasteiger partial charge < -0.3 is 20.7 Å². The Morgan fingerprint density at radius 2 is 2.20 bits per heavy atom. The first-order chi connectivity index (χ1) is 9.58. The lowest BCUT2D eigenvalue weighted by molar-refractivity contribution is 0.0696. The zero-order chi connectivity index (χ0) is 14.5. The molecule has 0 aliphatic heterocycles. The van der Waals surface area contributed by atoms with Gasteiger partial charge in [-0.3, -0.25) is 0 Å². The van der Waals surface area contributed by atoms with Crippen molar-refractivity contribution in [3.63, 3.8) is 0 Å². The molecule has 20 heavy (non-hydrogen) atoms. The summed E-state index contributed by atoms with van der Waals surface area (Å²) in [5, 5.41) is 14.3. The molecule has 1 heterocycles. The summed E-state index contributed by atoms with van der Waals surface area (Å²) in [4.78, 5) is 29.4. The highest BCUT2D eigenvalue weighted by atomic mass is 16.4. The molecule has 0 spiro atoms. The van der Waals surface area contributed by atoms with Crippen molar-refractivity contribution >= 4 is 17.7 Å². The second-order valence-electron chi connectivity index (χ2n) is 4.17. The van der Waals surface area contributed by atoms with Gasteiger partial charge in [0.15, 0.2) is 0 Å². The molecule has 7 heteroatoms. The number of carboxylic acids is 1. The van der Waals surface area contributed by atoms with E-state index in [2.05, 4.69) is 20.6 Å². The van der Waals surface area contributed by atoms with Gasteiger partial charge in [-0.2, -0.15) is 0 Å². The molecule has 104 valence electrons. The van der Waals surface area contributed by atoms with E-state index in [-0.39, 0.29) is 5.56 Å². The maximum Gasteiger partial charge on any atom is 0.336 e. The standard InChI is InChI=1S/C13H14N4O3/c1-8-10(12(18)19)3-2-4-11(8)17-13(20)15-6-9-5-14-7-16-9/h2-5,7H,6H2,1H3,(H,14,16)(H,18,19)(H2,15,17,20). The molecule has 2 rings (SSSR count). The predicted molar refractivity (Wildman–Crippen MR) is 72.6 cm³/mol. The van der Waals surface area contributed by atoms with Crippen molar-refractivity contribution in [3.8, 4) is 0 Å². The molecule has 0 unspecified atom stereocenters. The fraction of sp³-hybridized carbons (Fsp3) is 0.154. The minimum atomic E-state index is -1.02. The van der Waals surface area contributed by atoms with Crippen LogP contribution in [-0.4, -0.2) is 27.1 Å². The fourth-order valence-corrected chi connectivity index (χ4v) is 1.73. The maximum absolute atomic E-state index is 11.7. The van der Waals surface area contributed by atoms with Gasteiger partial charge in [-0.25, -0.2) is 14.6 Å². The zero-order valence-electron chi connectivity index (χ0n) is 10.8. The number of anilines is 1. The number of amides is 2. The number of carboxylic acid groups (broad SMARTS) is 1. The van der Waals surface area contributed by atoms with Crippen LogP contribution in [0, 0.1) is 6.92 Å². The van der Waals surface area contributed by atoms with E-state index < -0.39 is 12.0 Å². The first-order valence-electron chi connectivity index (χ1n) is 5.93. The normalized spacial score (nSPS) is 10.1. The van der Waals surface area contributed by atoms with Crippen molar-refractivity contribution in [2.45, 2.75) is 13.5 Å². The molecule has 0 atom stereocenters. The summed E-state index contributed by atoms with van der Waals surface area (Å²) in [6.45, 7) is 1.96. The first kappa shape index (κ1) is 13.6. The van der Waals surface area contributed by atoms with Gasteiger partial charge in [0.05, 0.1) is 24.1 Å². The second kappa shape index (κ2) is 5.87. The van der Waals surface area contributed by atoms with Crippen LogP contribution >= 0.6 is 0 Å². The molecular formula is C13H14N4O3. The summed E-state index contributed by atoms with van der Waals surface area (Å²) in [6.07, 6.45) is 3.13. The van der Waals surface area contributed by atoms with Crippen LogP contribution in [0.25, 0.3) is 0 Å². The number of aromatic nitrogens is 2. The van der Waals surface area contributed by atoms with Crippen LogP contribution in [0.1, 0.15) is 21.6 Å². The summed E-state index contributed by atoms with van der Waals surface area (Å²) in [5.74, 6) is -1.02. The van der Waals surface area contributed by atoms with Gasteiger partial charge in [0.25, 0.3) is 0 Å². The van der Waals surface area contributed by atoms with Crippen LogP contribution in [0.4, 0.5) is 10.5 Å². The maximum atomic E-state index is 11.7. The number of nitrogens with one attached hydrogen (secondary N) is 3. The van der Waals surface area contributed by atoms with Crippen LogP contribution in [0.15, 0.2) is 30.7 Å². The highest BCUT2D eigenvalue weighted by molar-refractivity contribution is 5.95. The summed E-state index contributed by atoms with van der Waals surface area (Å²) in [7, 11) is 0. The monoisotopic (exact) mass is 274 g/mol. The van der Waals surface area contributed by atoms with E-state index in [0.29, 0.717) is 17.8 Å². The van der Waals surface area contributed by atoms with Gasteiger partial charge in [-0.1, -0.05) is 6.07 Å². The molecule has 7 nitrogen and oxygen atoms in total. The SMILES string of the molecule is Cc1c(NC(=O)NCc2cnc[nH]2)cccc1C(=O)O. The quantitative estimate of drug-likeness (QED) is 0.681. The largest absolute Gasteiger partial charge is 0.478 e. The van der Waals surface area contributed by atoms with Gasteiger partial charge in [-0.15, -0.1) is 0 Å². The predicted octanol–water partition coefficient (Wildman–Crippen LogP) is 1.74. The number of carbonyl (C=O) groups excluding carboxylic acids is 1. The molecule has 1 aromatic carbocycles. The van der Waals surface area contributed by atoms with Crippen molar-refractivity contribution in [2.24, 2.45) is 0 Å². The molecular weight excluding hydrogens is 260 g/mol. The van der Waals surface area contributed by atoms with E-state index in [0.717, 1.165) is 5.69 Å². The molecule has 0 aliphatic rings. The summed E-state index contributed by atoms with van der Waals surface area (Å²) in [6, 6.07) is 4.31. The average Bonchev–Trinajstić information content (AvgIpc) is 2.91. The van der Waals surface area contributed by atoms with Crippen LogP contribution < -0.4 is 10.6 Å². The number of rotatable bonds is 4. The van der Waals surface area contributed by atoms with Crippen LogP contribution in [0.5, 0.6) is 0 Å². The molecule has 2 amide bonds. The number of benzene rings is 1. The Kier molecular flexibility index (Phi) is 3.99. The van der Waals surface area contributed by atoms with Crippen LogP contribution in [0.2, 0.25) is 0 Å².